The van der Waals surface area contributed by atoms with Crippen molar-refractivity contribution < 1.29 is 19.4 Å². The fourth-order valence-electron chi connectivity index (χ4n) is 5.53. The summed E-state index contributed by atoms with van der Waals surface area (Å²) in [6, 6.07) is 4.91. The first-order valence-electron chi connectivity index (χ1n) is 8.92. The lowest BCUT2D eigenvalue weighted by molar-refractivity contribution is -0.196. The number of para-hydroxylation sites is 1. The van der Waals surface area contributed by atoms with Crippen molar-refractivity contribution in [3.8, 4) is 0 Å². The van der Waals surface area contributed by atoms with Crippen LogP contribution >= 0.6 is 23.2 Å². The maximum Gasteiger partial charge on any atom is 0.312 e. The first kappa shape index (κ1) is 18.1. The van der Waals surface area contributed by atoms with Crippen LogP contribution in [0, 0.1) is 17.3 Å². The van der Waals surface area contributed by atoms with E-state index in [0.29, 0.717) is 34.0 Å². The summed E-state index contributed by atoms with van der Waals surface area (Å²) in [5.41, 5.74) is -1.07. The summed E-state index contributed by atoms with van der Waals surface area (Å²) in [4.78, 5) is 24.9. The lowest BCUT2D eigenvalue weighted by Crippen LogP contribution is -2.58. The summed E-state index contributed by atoms with van der Waals surface area (Å²) in [6.07, 6.45) is 4.60. The third kappa shape index (κ3) is 3.21. The van der Waals surface area contributed by atoms with Gasteiger partial charge in [0.1, 0.15) is 0 Å². The van der Waals surface area contributed by atoms with Crippen LogP contribution < -0.4 is 5.32 Å². The van der Waals surface area contributed by atoms with E-state index in [1.165, 1.54) is 0 Å². The molecule has 0 aliphatic heterocycles. The highest BCUT2D eigenvalue weighted by atomic mass is 35.5. The zero-order valence-electron chi connectivity index (χ0n) is 14.3. The Balaban J connectivity index is 1.39. The molecular formula is C19H21Cl2NO4. The third-order valence-corrected chi connectivity index (χ3v) is 6.65. The van der Waals surface area contributed by atoms with Gasteiger partial charge in [0, 0.05) is 0 Å². The molecule has 2 unspecified atom stereocenters. The molecule has 0 saturated heterocycles. The lowest BCUT2D eigenvalue weighted by atomic mass is 9.48. The van der Waals surface area contributed by atoms with E-state index in [0.717, 1.165) is 32.1 Å². The largest absolute Gasteiger partial charge is 0.455 e. The summed E-state index contributed by atoms with van der Waals surface area (Å²) in [5, 5.41) is 14.0. The van der Waals surface area contributed by atoms with Crippen molar-refractivity contribution in [3.63, 3.8) is 0 Å². The van der Waals surface area contributed by atoms with Crippen molar-refractivity contribution in [2.45, 2.75) is 44.1 Å². The molecule has 4 aliphatic carbocycles. The molecule has 4 aliphatic rings. The van der Waals surface area contributed by atoms with E-state index in [1.807, 2.05) is 0 Å². The molecule has 0 heterocycles. The van der Waals surface area contributed by atoms with E-state index in [-0.39, 0.29) is 5.97 Å². The van der Waals surface area contributed by atoms with Gasteiger partial charge in [-0.25, -0.2) is 0 Å². The van der Waals surface area contributed by atoms with E-state index in [2.05, 4.69) is 5.32 Å². The van der Waals surface area contributed by atoms with Gasteiger partial charge >= 0.3 is 5.97 Å². The molecule has 26 heavy (non-hydrogen) atoms. The normalized spacial score (nSPS) is 34.6. The number of amides is 1. The second-order valence-corrected chi connectivity index (χ2v) is 9.00. The Kier molecular flexibility index (Phi) is 4.45. The average Bonchev–Trinajstić information content (AvgIpc) is 2.54. The smallest absolute Gasteiger partial charge is 0.312 e. The van der Waals surface area contributed by atoms with Crippen molar-refractivity contribution in [1.82, 2.24) is 0 Å². The molecule has 4 bridgehead atoms. The highest BCUT2D eigenvalue weighted by Gasteiger charge is 2.60. The molecule has 0 spiro atoms. The Morgan fingerprint density at radius 2 is 1.77 bits per heavy atom. The van der Waals surface area contributed by atoms with E-state index in [1.54, 1.807) is 18.2 Å². The summed E-state index contributed by atoms with van der Waals surface area (Å²) in [5.74, 6) is -0.101. The van der Waals surface area contributed by atoms with Gasteiger partial charge in [-0.1, -0.05) is 29.3 Å². The fourth-order valence-corrected chi connectivity index (χ4v) is 6.02. The predicted octanol–water partition coefficient (Wildman–Crippen LogP) is 3.81. The summed E-state index contributed by atoms with van der Waals surface area (Å²) >= 11 is 12.1. The number of benzene rings is 1. The molecular weight excluding hydrogens is 377 g/mol. The van der Waals surface area contributed by atoms with Crippen molar-refractivity contribution in [2.75, 3.05) is 11.9 Å². The minimum atomic E-state index is -0.740. The van der Waals surface area contributed by atoms with Crippen LogP contribution in [0.15, 0.2) is 18.2 Å². The molecule has 7 heteroatoms. The quantitative estimate of drug-likeness (QED) is 0.757. The highest BCUT2D eigenvalue weighted by molar-refractivity contribution is 6.39. The number of hydrogen-bond acceptors (Lipinski definition) is 4. The van der Waals surface area contributed by atoms with Crippen LogP contribution in [-0.4, -0.2) is 29.2 Å². The second kappa shape index (κ2) is 6.39. The van der Waals surface area contributed by atoms with Crippen LogP contribution in [0.5, 0.6) is 0 Å². The molecule has 5 nitrogen and oxygen atoms in total. The Hall–Kier alpha value is -1.30. The molecule has 1 aromatic carbocycles. The van der Waals surface area contributed by atoms with Gasteiger partial charge in [0.25, 0.3) is 5.91 Å². The number of carbonyl (C=O) groups excluding carboxylic acids is 2. The zero-order valence-corrected chi connectivity index (χ0v) is 15.8. The molecule has 2 N–H and O–H groups in total. The minimum Gasteiger partial charge on any atom is -0.455 e. The molecule has 4 fully saturated rings. The summed E-state index contributed by atoms with van der Waals surface area (Å²) in [6.45, 7) is -0.393. The van der Waals surface area contributed by atoms with Gasteiger partial charge in [0.15, 0.2) is 6.61 Å². The Labute approximate surface area is 162 Å². The molecule has 0 aromatic heterocycles. The van der Waals surface area contributed by atoms with E-state index in [4.69, 9.17) is 27.9 Å². The molecule has 1 aromatic rings. The van der Waals surface area contributed by atoms with Crippen LogP contribution in [-0.2, 0) is 14.3 Å². The topological polar surface area (TPSA) is 75.6 Å². The third-order valence-electron chi connectivity index (χ3n) is 6.02. The Morgan fingerprint density at radius 3 is 2.35 bits per heavy atom. The number of anilines is 1. The number of hydrogen-bond donors (Lipinski definition) is 2. The van der Waals surface area contributed by atoms with Crippen LogP contribution in [0.1, 0.15) is 38.5 Å². The number of rotatable bonds is 4. The number of ether oxygens (including phenoxy) is 1. The van der Waals surface area contributed by atoms with Gasteiger partial charge in [0.05, 0.1) is 26.7 Å². The first-order chi connectivity index (χ1) is 12.3. The van der Waals surface area contributed by atoms with Crippen molar-refractivity contribution >= 4 is 40.8 Å². The molecule has 5 rings (SSSR count). The average molecular weight is 398 g/mol. The van der Waals surface area contributed by atoms with E-state index < -0.39 is 23.5 Å². The SMILES string of the molecule is O=C(COC(=O)C12C[C@@H]3C[C@@H](CC(O)(C3)C1)C2)Nc1c(Cl)cccc1Cl. The monoisotopic (exact) mass is 397 g/mol. The molecule has 0 radical (unpaired) electrons. The number of carbonyl (C=O) groups is 2. The number of nitrogens with one attached hydrogen (secondary N) is 1. The van der Waals surface area contributed by atoms with Crippen LogP contribution in [0.25, 0.3) is 0 Å². The van der Waals surface area contributed by atoms with Gasteiger partial charge in [-0.2, -0.15) is 0 Å². The number of aliphatic hydroxyl groups is 1. The fraction of sp³-hybridized carbons (Fsp3) is 0.579. The summed E-state index contributed by atoms with van der Waals surface area (Å²) < 4.78 is 5.34. The van der Waals surface area contributed by atoms with Crippen LogP contribution in [0.2, 0.25) is 10.0 Å². The van der Waals surface area contributed by atoms with Crippen molar-refractivity contribution in [3.05, 3.63) is 28.2 Å². The van der Waals surface area contributed by atoms with Crippen LogP contribution in [0.4, 0.5) is 5.69 Å². The van der Waals surface area contributed by atoms with E-state index in [9.17, 15) is 14.7 Å². The zero-order chi connectivity index (χ0) is 18.5. The summed E-state index contributed by atoms with van der Waals surface area (Å²) in [7, 11) is 0. The van der Waals surface area contributed by atoms with Gasteiger partial charge in [-0.3, -0.25) is 9.59 Å². The van der Waals surface area contributed by atoms with Gasteiger partial charge in [0.2, 0.25) is 0 Å². The van der Waals surface area contributed by atoms with Crippen molar-refractivity contribution in [1.29, 1.82) is 0 Å². The standard InChI is InChI=1S/C19H21Cl2NO4/c20-13-2-1-3-14(21)16(13)22-15(23)9-26-17(24)18-5-11-4-12(6-18)8-19(25,7-11)10-18/h1-3,11-12,25H,4-10H2,(H,22,23)/t11-,12+,18?,19?. The van der Waals surface area contributed by atoms with E-state index >= 15 is 0 Å². The second-order valence-electron chi connectivity index (χ2n) is 8.19. The molecule has 1 amide bonds. The van der Waals surface area contributed by atoms with Crippen molar-refractivity contribution in [2.24, 2.45) is 17.3 Å². The number of esters is 1. The maximum absolute atomic E-state index is 12.8. The first-order valence-corrected chi connectivity index (χ1v) is 9.68. The lowest BCUT2D eigenvalue weighted by Gasteiger charge is -2.58. The predicted molar refractivity (Wildman–Crippen MR) is 98.1 cm³/mol. The molecule has 4 saturated carbocycles. The van der Waals surface area contributed by atoms with Crippen LogP contribution in [0.3, 0.4) is 0 Å². The highest BCUT2D eigenvalue weighted by Crippen LogP contribution is 2.61. The Morgan fingerprint density at radius 1 is 1.15 bits per heavy atom. The maximum atomic E-state index is 12.8. The van der Waals surface area contributed by atoms with Gasteiger partial charge in [-0.05, 0) is 62.5 Å². The molecule has 140 valence electrons. The van der Waals surface area contributed by atoms with Gasteiger partial charge < -0.3 is 15.2 Å². The Bertz CT molecular complexity index is 732. The minimum absolute atomic E-state index is 0.306. The molecule has 4 atom stereocenters. The number of halogens is 2. The van der Waals surface area contributed by atoms with Gasteiger partial charge in [-0.15, -0.1) is 0 Å².